The van der Waals surface area contributed by atoms with Crippen molar-refractivity contribution in [3.63, 3.8) is 0 Å². The van der Waals surface area contributed by atoms with Gasteiger partial charge in [0.1, 0.15) is 5.82 Å². The molecule has 16 heavy (non-hydrogen) atoms. The molecule has 0 fully saturated rings. The minimum atomic E-state index is -0.111. The van der Waals surface area contributed by atoms with Crippen molar-refractivity contribution in [2.24, 2.45) is 0 Å². The molecule has 0 amide bonds. The van der Waals surface area contributed by atoms with Gasteiger partial charge in [0.2, 0.25) is 0 Å². The highest BCUT2D eigenvalue weighted by atomic mass is 16.1. The van der Waals surface area contributed by atoms with Crippen LogP contribution >= 0.6 is 0 Å². The van der Waals surface area contributed by atoms with Gasteiger partial charge in [-0.2, -0.15) is 0 Å². The molecule has 90 valence electrons. The Morgan fingerprint density at radius 1 is 1.50 bits per heavy atom. The van der Waals surface area contributed by atoms with Crippen LogP contribution in [0.4, 0.5) is 5.82 Å². The van der Waals surface area contributed by atoms with Crippen LogP contribution in [0.15, 0.2) is 17.2 Å². The summed E-state index contributed by atoms with van der Waals surface area (Å²) in [4.78, 5) is 22.2. The normalized spacial score (nSPS) is 12.8. The summed E-state index contributed by atoms with van der Waals surface area (Å²) in [5, 5.41) is 0. The van der Waals surface area contributed by atoms with E-state index < -0.39 is 0 Å². The SMILES string of the molecule is CCN(c1cc(=O)[nH]cn1)C(C)CN(C)C. The Balaban J connectivity index is 2.85. The van der Waals surface area contributed by atoms with Crippen molar-refractivity contribution in [2.45, 2.75) is 19.9 Å². The van der Waals surface area contributed by atoms with Crippen LogP contribution in [0.2, 0.25) is 0 Å². The molecule has 0 aliphatic rings. The van der Waals surface area contributed by atoms with Gasteiger partial charge >= 0.3 is 0 Å². The van der Waals surface area contributed by atoms with Crippen molar-refractivity contribution in [1.82, 2.24) is 14.9 Å². The van der Waals surface area contributed by atoms with Crippen LogP contribution < -0.4 is 10.5 Å². The number of rotatable bonds is 5. The van der Waals surface area contributed by atoms with Gasteiger partial charge in [0.15, 0.2) is 0 Å². The Labute approximate surface area is 96.1 Å². The molecule has 1 rings (SSSR count). The molecule has 0 spiro atoms. The maximum atomic E-state index is 11.2. The lowest BCUT2D eigenvalue weighted by Crippen LogP contribution is -2.41. The molecule has 0 radical (unpaired) electrons. The summed E-state index contributed by atoms with van der Waals surface area (Å²) in [6, 6.07) is 1.87. The molecule has 0 aliphatic carbocycles. The summed E-state index contributed by atoms with van der Waals surface area (Å²) in [6.07, 6.45) is 1.45. The molecular weight excluding hydrogens is 204 g/mol. The first-order valence-electron chi connectivity index (χ1n) is 5.50. The van der Waals surface area contributed by atoms with E-state index in [-0.39, 0.29) is 5.56 Å². The number of hydrogen-bond donors (Lipinski definition) is 1. The molecule has 1 aromatic rings. The zero-order chi connectivity index (χ0) is 12.1. The molecule has 1 unspecified atom stereocenters. The fourth-order valence-corrected chi connectivity index (χ4v) is 1.84. The molecule has 5 heteroatoms. The molecule has 0 saturated carbocycles. The van der Waals surface area contributed by atoms with E-state index in [1.54, 1.807) is 0 Å². The predicted octanol–water partition coefficient (Wildman–Crippen LogP) is 0.546. The molecule has 1 N–H and O–H groups in total. The van der Waals surface area contributed by atoms with E-state index in [0.29, 0.717) is 6.04 Å². The Morgan fingerprint density at radius 3 is 2.69 bits per heavy atom. The van der Waals surface area contributed by atoms with Crippen molar-refractivity contribution in [1.29, 1.82) is 0 Å². The summed E-state index contributed by atoms with van der Waals surface area (Å²) < 4.78 is 0. The number of nitrogens with zero attached hydrogens (tertiary/aromatic N) is 3. The standard InChI is InChI=1S/C11H20N4O/c1-5-15(9(2)7-14(3)4)10-6-11(16)13-8-12-10/h6,8-9H,5,7H2,1-4H3,(H,12,13,16). The molecule has 0 saturated heterocycles. The molecule has 0 bridgehead atoms. The third kappa shape index (κ3) is 3.34. The lowest BCUT2D eigenvalue weighted by Gasteiger charge is -2.30. The minimum Gasteiger partial charge on any atom is -0.353 e. The van der Waals surface area contributed by atoms with Gasteiger partial charge in [0.05, 0.1) is 6.33 Å². The molecular formula is C11H20N4O. The molecule has 1 atom stereocenters. The minimum absolute atomic E-state index is 0.111. The summed E-state index contributed by atoms with van der Waals surface area (Å²) in [6.45, 7) is 5.97. The third-order valence-corrected chi connectivity index (χ3v) is 2.46. The summed E-state index contributed by atoms with van der Waals surface area (Å²) in [7, 11) is 4.07. The van der Waals surface area contributed by atoms with Gasteiger partial charge in [0, 0.05) is 25.2 Å². The zero-order valence-corrected chi connectivity index (χ0v) is 10.4. The van der Waals surface area contributed by atoms with Gasteiger partial charge in [-0.1, -0.05) is 0 Å². The fraction of sp³-hybridized carbons (Fsp3) is 0.636. The number of aromatic amines is 1. The monoisotopic (exact) mass is 224 g/mol. The Kier molecular flexibility index (Phi) is 4.49. The number of nitrogens with one attached hydrogen (secondary N) is 1. The van der Waals surface area contributed by atoms with Gasteiger partial charge in [-0.25, -0.2) is 4.98 Å². The Hall–Kier alpha value is -1.36. The highest BCUT2D eigenvalue weighted by Crippen LogP contribution is 2.10. The summed E-state index contributed by atoms with van der Waals surface area (Å²) in [5.74, 6) is 0.737. The average Bonchev–Trinajstić information content (AvgIpc) is 2.17. The van der Waals surface area contributed by atoms with Gasteiger partial charge < -0.3 is 14.8 Å². The van der Waals surface area contributed by atoms with E-state index in [0.717, 1.165) is 18.9 Å². The average molecular weight is 224 g/mol. The van der Waals surface area contributed by atoms with Crippen molar-refractivity contribution < 1.29 is 0 Å². The van der Waals surface area contributed by atoms with Gasteiger partial charge in [-0.3, -0.25) is 4.79 Å². The van der Waals surface area contributed by atoms with Crippen LogP contribution in [0.25, 0.3) is 0 Å². The second-order valence-electron chi connectivity index (χ2n) is 4.17. The molecule has 0 aliphatic heterocycles. The molecule has 0 aromatic carbocycles. The van der Waals surface area contributed by atoms with Crippen LogP contribution in [0, 0.1) is 0 Å². The maximum Gasteiger partial charge on any atom is 0.252 e. The quantitative estimate of drug-likeness (QED) is 0.793. The lowest BCUT2D eigenvalue weighted by atomic mass is 10.2. The van der Waals surface area contributed by atoms with E-state index >= 15 is 0 Å². The fourth-order valence-electron chi connectivity index (χ4n) is 1.84. The molecule has 5 nitrogen and oxygen atoms in total. The topological polar surface area (TPSA) is 52.2 Å². The number of likely N-dealkylation sites (N-methyl/N-ethyl adjacent to an activating group) is 2. The van der Waals surface area contributed by atoms with E-state index in [9.17, 15) is 4.79 Å². The number of hydrogen-bond acceptors (Lipinski definition) is 4. The van der Waals surface area contributed by atoms with Crippen LogP contribution in [-0.4, -0.2) is 48.1 Å². The van der Waals surface area contributed by atoms with Crippen LogP contribution in [0.1, 0.15) is 13.8 Å². The van der Waals surface area contributed by atoms with Crippen LogP contribution in [-0.2, 0) is 0 Å². The first kappa shape index (κ1) is 12.7. The summed E-state index contributed by atoms with van der Waals surface area (Å²) >= 11 is 0. The number of H-pyrrole nitrogens is 1. The van der Waals surface area contributed by atoms with Gasteiger partial charge in [-0.05, 0) is 27.9 Å². The highest BCUT2D eigenvalue weighted by molar-refractivity contribution is 5.37. The van der Waals surface area contributed by atoms with E-state index in [4.69, 9.17) is 0 Å². The Morgan fingerprint density at radius 2 is 2.19 bits per heavy atom. The van der Waals surface area contributed by atoms with Crippen LogP contribution in [0.3, 0.4) is 0 Å². The van der Waals surface area contributed by atoms with Crippen LogP contribution in [0.5, 0.6) is 0 Å². The van der Waals surface area contributed by atoms with Crippen molar-refractivity contribution in [2.75, 3.05) is 32.1 Å². The van der Waals surface area contributed by atoms with E-state index in [2.05, 4.69) is 33.6 Å². The first-order chi connectivity index (χ1) is 7.54. The number of anilines is 1. The molecule has 1 heterocycles. The second-order valence-corrected chi connectivity index (χ2v) is 4.17. The van der Waals surface area contributed by atoms with E-state index in [1.165, 1.54) is 12.4 Å². The Bertz CT molecular complexity index is 374. The first-order valence-corrected chi connectivity index (χ1v) is 5.50. The third-order valence-electron chi connectivity index (χ3n) is 2.46. The van der Waals surface area contributed by atoms with Gasteiger partial charge in [-0.15, -0.1) is 0 Å². The van der Waals surface area contributed by atoms with E-state index in [1.807, 2.05) is 14.1 Å². The maximum absolute atomic E-state index is 11.2. The predicted molar refractivity (Wildman–Crippen MR) is 65.9 cm³/mol. The second kappa shape index (κ2) is 5.65. The van der Waals surface area contributed by atoms with Crippen molar-refractivity contribution in [3.05, 3.63) is 22.7 Å². The van der Waals surface area contributed by atoms with Crippen molar-refractivity contribution in [3.8, 4) is 0 Å². The number of aromatic nitrogens is 2. The van der Waals surface area contributed by atoms with Gasteiger partial charge in [0.25, 0.3) is 5.56 Å². The molecule has 1 aromatic heterocycles. The lowest BCUT2D eigenvalue weighted by molar-refractivity contribution is 0.372. The van der Waals surface area contributed by atoms with Crippen molar-refractivity contribution >= 4 is 5.82 Å². The smallest absolute Gasteiger partial charge is 0.252 e. The summed E-state index contributed by atoms with van der Waals surface area (Å²) in [5.41, 5.74) is -0.111. The highest BCUT2D eigenvalue weighted by Gasteiger charge is 2.14. The largest absolute Gasteiger partial charge is 0.353 e. The zero-order valence-electron chi connectivity index (χ0n) is 10.4.